The van der Waals surface area contributed by atoms with Crippen LogP contribution in [0.1, 0.15) is 52.9 Å². The summed E-state index contributed by atoms with van der Waals surface area (Å²) in [7, 11) is 0. The van der Waals surface area contributed by atoms with Crippen LogP contribution in [-0.2, 0) is 0 Å². The summed E-state index contributed by atoms with van der Waals surface area (Å²) in [4.78, 5) is 0. The molecule has 5 rings (SSSR count). The molecule has 2 spiro atoms. The summed E-state index contributed by atoms with van der Waals surface area (Å²) in [5, 5.41) is 0. The van der Waals surface area contributed by atoms with Gasteiger partial charge in [0.05, 0.1) is 0 Å². The first-order chi connectivity index (χ1) is 7.63. The zero-order valence-corrected chi connectivity index (χ0v) is 10.9. The van der Waals surface area contributed by atoms with Gasteiger partial charge in [0.1, 0.15) is 0 Å². The van der Waals surface area contributed by atoms with E-state index in [0.717, 1.165) is 28.1 Å². The summed E-state index contributed by atoms with van der Waals surface area (Å²) >= 11 is 0. The molecule has 5 saturated carbocycles. The lowest BCUT2D eigenvalue weighted by Gasteiger charge is -2.68. The highest BCUT2D eigenvalue weighted by molar-refractivity contribution is 5.45. The highest BCUT2D eigenvalue weighted by Gasteiger charge is 2.97. The van der Waals surface area contributed by atoms with Crippen LogP contribution >= 0.6 is 0 Å². The van der Waals surface area contributed by atoms with E-state index in [1.165, 1.54) is 24.2 Å². The zero-order chi connectivity index (χ0) is 10.9. The Morgan fingerprint density at radius 3 is 2.75 bits per heavy atom. The maximum Gasteiger partial charge on any atom is -0.0142 e. The maximum absolute atomic E-state index is 2.62. The molecule has 2 bridgehead atoms. The van der Waals surface area contributed by atoms with Crippen molar-refractivity contribution in [2.45, 2.75) is 52.9 Å². The highest BCUT2D eigenvalue weighted by Crippen LogP contribution is 3.03. The van der Waals surface area contributed by atoms with Crippen molar-refractivity contribution < 1.29 is 0 Å². The van der Waals surface area contributed by atoms with Gasteiger partial charge in [-0.15, -0.1) is 0 Å². The van der Waals surface area contributed by atoms with E-state index in [4.69, 9.17) is 0 Å². The minimum Gasteiger partial charge on any atom is -0.0654 e. The van der Waals surface area contributed by atoms with Crippen molar-refractivity contribution in [2.24, 2.45) is 45.8 Å². The summed E-state index contributed by atoms with van der Waals surface area (Å²) in [6.07, 6.45) is 7.90. The molecule has 0 nitrogen and oxygen atoms in total. The number of hydrogen-bond donors (Lipinski definition) is 0. The predicted molar refractivity (Wildman–Crippen MR) is 64.9 cm³/mol. The SMILES string of the molecule is CCCC1C2CC3C2CC12C(C)C1(C)CC312. The molecule has 8 unspecified atom stereocenters. The van der Waals surface area contributed by atoms with Crippen molar-refractivity contribution in [1.29, 1.82) is 0 Å². The second-order valence-electron chi connectivity index (χ2n) is 8.10. The molecular formula is C16H24. The van der Waals surface area contributed by atoms with E-state index in [-0.39, 0.29) is 0 Å². The van der Waals surface area contributed by atoms with Crippen molar-refractivity contribution in [3.05, 3.63) is 0 Å². The van der Waals surface area contributed by atoms with E-state index in [2.05, 4.69) is 20.8 Å². The third kappa shape index (κ3) is 0.483. The lowest BCUT2D eigenvalue weighted by atomic mass is 9.36. The van der Waals surface area contributed by atoms with Gasteiger partial charge in [-0.3, -0.25) is 0 Å². The lowest BCUT2D eigenvalue weighted by Crippen LogP contribution is -2.63. The average molecular weight is 216 g/mol. The standard InChI is InChI=1S/C16H24/c1-4-5-12-10-6-13-11(10)7-15(12)9(2)14(3)8-16(13,14)15/h9-13H,4-8H2,1-3H3. The molecule has 0 heterocycles. The highest BCUT2D eigenvalue weighted by atomic mass is 15.0. The largest absolute Gasteiger partial charge is 0.0654 e. The lowest BCUT2D eigenvalue weighted by molar-refractivity contribution is -0.208. The van der Waals surface area contributed by atoms with E-state index in [1.54, 1.807) is 25.7 Å². The molecule has 0 aliphatic heterocycles. The van der Waals surface area contributed by atoms with E-state index >= 15 is 0 Å². The average Bonchev–Trinajstić information content (AvgIpc) is 2.58. The van der Waals surface area contributed by atoms with Gasteiger partial charge in [-0.25, -0.2) is 0 Å². The van der Waals surface area contributed by atoms with Gasteiger partial charge in [-0.1, -0.05) is 27.2 Å². The summed E-state index contributed by atoms with van der Waals surface area (Å²) in [6.45, 7) is 7.64. The second-order valence-corrected chi connectivity index (χ2v) is 8.10. The van der Waals surface area contributed by atoms with Crippen LogP contribution in [0.3, 0.4) is 0 Å². The van der Waals surface area contributed by atoms with Gasteiger partial charge in [0.15, 0.2) is 0 Å². The summed E-state index contributed by atoms with van der Waals surface area (Å²) in [6, 6.07) is 0. The minimum atomic E-state index is 0.809. The van der Waals surface area contributed by atoms with Gasteiger partial charge >= 0.3 is 0 Å². The van der Waals surface area contributed by atoms with Gasteiger partial charge in [-0.05, 0) is 71.5 Å². The molecule has 0 N–H and O–H groups in total. The van der Waals surface area contributed by atoms with Crippen molar-refractivity contribution in [3.63, 3.8) is 0 Å². The molecular weight excluding hydrogens is 192 g/mol. The summed E-state index contributed by atoms with van der Waals surface area (Å²) in [5.74, 6) is 5.80. The number of rotatable bonds is 2. The Labute approximate surface area is 99.2 Å². The topological polar surface area (TPSA) is 0 Å². The first kappa shape index (κ1) is 9.00. The van der Waals surface area contributed by atoms with E-state index < -0.39 is 0 Å². The predicted octanol–water partition coefficient (Wildman–Crippen LogP) is 4.10. The molecule has 0 aromatic rings. The fourth-order valence-corrected chi connectivity index (χ4v) is 8.33. The van der Waals surface area contributed by atoms with Crippen LogP contribution in [0, 0.1) is 45.8 Å². The smallest absolute Gasteiger partial charge is 0.0142 e. The first-order valence-electron chi connectivity index (χ1n) is 7.63. The first-order valence-corrected chi connectivity index (χ1v) is 7.63. The Morgan fingerprint density at radius 2 is 2.06 bits per heavy atom. The normalized spacial score (nSPS) is 76.3. The van der Waals surface area contributed by atoms with E-state index in [1.807, 2.05) is 0 Å². The van der Waals surface area contributed by atoms with Gasteiger partial charge < -0.3 is 0 Å². The minimum absolute atomic E-state index is 0.809. The van der Waals surface area contributed by atoms with Gasteiger partial charge in [0, 0.05) is 0 Å². The van der Waals surface area contributed by atoms with Gasteiger partial charge in [0.2, 0.25) is 0 Å². The van der Waals surface area contributed by atoms with Crippen molar-refractivity contribution in [3.8, 4) is 0 Å². The van der Waals surface area contributed by atoms with Crippen LogP contribution in [0.2, 0.25) is 0 Å². The van der Waals surface area contributed by atoms with Crippen LogP contribution in [-0.4, -0.2) is 0 Å². The molecule has 5 aliphatic carbocycles. The van der Waals surface area contributed by atoms with Crippen molar-refractivity contribution in [1.82, 2.24) is 0 Å². The van der Waals surface area contributed by atoms with Gasteiger partial charge in [0.25, 0.3) is 0 Å². The molecule has 0 aromatic heterocycles. The summed E-state index contributed by atoms with van der Waals surface area (Å²) < 4.78 is 0. The molecule has 88 valence electrons. The van der Waals surface area contributed by atoms with E-state index in [0.29, 0.717) is 0 Å². The van der Waals surface area contributed by atoms with Crippen LogP contribution in [0.4, 0.5) is 0 Å². The Hall–Kier alpha value is 0. The third-order valence-electron chi connectivity index (χ3n) is 8.68. The molecule has 0 radical (unpaired) electrons. The summed E-state index contributed by atoms with van der Waals surface area (Å²) in [5.41, 5.74) is 2.58. The number of hydrogen-bond acceptors (Lipinski definition) is 0. The monoisotopic (exact) mass is 216 g/mol. The molecule has 0 saturated heterocycles. The zero-order valence-electron chi connectivity index (χ0n) is 10.9. The Morgan fingerprint density at radius 1 is 1.25 bits per heavy atom. The Kier molecular flexibility index (Phi) is 1.15. The Bertz CT molecular complexity index is 399. The third-order valence-corrected chi connectivity index (χ3v) is 8.68. The fourth-order valence-electron chi connectivity index (χ4n) is 8.33. The van der Waals surface area contributed by atoms with Crippen LogP contribution < -0.4 is 0 Å². The van der Waals surface area contributed by atoms with Crippen LogP contribution in [0.15, 0.2) is 0 Å². The molecule has 5 aliphatic rings. The molecule has 8 atom stereocenters. The second kappa shape index (κ2) is 2.04. The van der Waals surface area contributed by atoms with Crippen LogP contribution in [0.25, 0.3) is 0 Å². The molecule has 0 heteroatoms. The fraction of sp³-hybridized carbons (Fsp3) is 1.00. The molecule has 0 amide bonds. The van der Waals surface area contributed by atoms with Crippen molar-refractivity contribution >= 4 is 0 Å². The molecule has 0 aromatic carbocycles. The quantitative estimate of drug-likeness (QED) is 0.652. The van der Waals surface area contributed by atoms with Crippen molar-refractivity contribution in [2.75, 3.05) is 0 Å². The molecule has 16 heavy (non-hydrogen) atoms. The maximum atomic E-state index is 2.62. The molecule has 5 fully saturated rings. The van der Waals surface area contributed by atoms with Crippen LogP contribution in [0.5, 0.6) is 0 Å². The van der Waals surface area contributed by atoms with Gasteiger partial charge in [-0.2, -0.15) is 0 Å². The Balaban J connectivity index is 1.67. The van der Waals surface area contributed by atoms with E-state index in [9.17, 15) is 0 Å².